The second-order valence-corrected chi connectivity index (χ2v) is 7.05. The molecule has 0 aliphatic heterocycles. The van der Waals surface area contributed by atoms with Gasteiger partial charge in [0.25, 0.3) is 0 Å². The summed E-state index contributed by atoms with van der Waals surface area (Å²) in [5.74, 6) is 0. The van der Waals surface area contributed by atoms with Crippen molar-refractivity contribution in [1.82, 2.24) is 4.72 Å². The molecular weight excluding hydrogens is 274 g/mol. The largest absolute Gasteiger partial charge is 0.392 e. The van der Waals surface area contributed by atoms with Crippen molar-refractivity contribution in [3.8, 4) is 0 Å². The molecule has 0 aliphatic rings. The predicted molar refractivity (Wildman–Crippen MR) is 81.1 cm³/mol. The number of sulfonamides is 1. The number of hydrogen-bond acceptors (Lipinski definition) is 3. The molecule has 0 saturated heterocycles. The van der Waals surface area contributed by atoms with E-state index >= 15 is 0 Å². The fraction of sp³-hybridized carbons (Fsp3) is 0.600. The third-order valence-electron chi connectivity index (χ3n) is 3.44. The normalized spacial score (nSPS) is 13.4. The highest BCUT2D eigenvalue weighted by Crippen LogP contribution is 2.21. The molecule has 0 heterocycles. The molecule has 0 fully saturated rings. The first kappa shape index (κ1) is 17.1. The molecule has 1 atom stereocenters. The van der Waals surface area contributed by atoms with E-state index in [-0.39, 0.29) is 17.5 Å². The topological polar surface area (TPSA) is 66.4 Å². The van der Waals surface area contributed by atoms with Gasteiger partial charge in [-0.1, -0.05) is 25.8 Å². The molecule has 114 valence electrons. The molecule has 0 amide bonds. The van der Waals surface area contributed by atoms with Crippen molar-refractivity contribution in [1.29, 1.82) is 0 Å². The first-order chi connectivity index (χ1) is 9.31. The van der Waals surface area contributed by atoms with Gasteiger partial charge in [0.2, 0.25) is 10.0 Å². The standard InChI is InChI=1S/C15H25NO3S/c1-5-6-7-13(4)16-20(18,19)15-9-14(10-17)11(2)8-12(15)3/h8-9,13,16-17H,5-7,10H2,1-4H3. The van der Waals surface area contributed by atoms with Gasteiger partial charge in [-0.2, -0.15) is 0 Å². The first-order valence-electron chi connectivity index (χ1n) is 7.05. The average Bonchev–Trinajstić information content (AvgIpc) is 2.35. The minimum absolute atomic E-state index is 0.0850. The zero-order chi connectivity index (χ0) is 15.3. The Balaban J connectivity index is 3.03. The zero-order valence-corrected chi connectivity index (χ0v) is 13.5. The summed E-state index contributed by atoms with van der Waals surface area (Å²) in [7, 11) is -3.53. The van der Waals surface area contributed by atoms with Crippen LogP contribution in [0.5, 0.6) is 0 Å². The second kappa shape index (κ2) is 7.20. The molecule has 5 heteroatoms. The van der Waals surface area contributed by atoms with Crippen LogP contribution in [0.4, 0.5) is 0 Å². The van der Waals surface area contributed by atoms with Gasteiger partial charge >= 0.3 is 0 Å². The number of nitrogens with one attached hydrogen (secondary N) is 1. The van der Waals surface area contributed by atoms with Crippen LogP contribution in [0.2, 0.25) is 0 Å². The van der Waals surface area contributed by atoms with Gasteiger partial charge in [0.05, 0.1) is 11.5 Å². The van der Waals surface area contributed by atoms with Crippen molar-refractivity contribution in [3.63, 3.8) is 0 Å². The van der Waals surface area contributed by atoms with Gasteiger partial charge in [-0.15, -0.1) is 0 Å². The van der Waals surface area contributed by atoms with Gasteiger partial charge in [-0.05, 0) is 49.9 Å². The Labute approximate surface area is 122 Å². The highest BCUT2D eigenvalue weighted by molar-refractivity contribution is 7.89. The van der Waals surface area contributed by atoms with E-state index in [4.69, 9.17) is 0 Å². The van der Waals surface area contributed by atoms with E-state index in [0.717, 1.165) is 24.8 Å². The summed E-state index contributed by atoms with van der Waals surface area (Å²) in [6.07, 6.45) is 2.87. The van der Waals surface area contributed by atoms with Crippen LogP contribution in [0.25, 0.3) is 0 Å². The molecule has 2 N–H and O–H groups in total. The SMILES string of the molecule is CCCCC(C)NS(=O)(=O)c1cc(CO)c(C)cc1C. The fourth-order valence-corrected chi connectivity index (χ4v) is 3.79. The zero-order valence-electron chi connectivity index (χ0n) is 12.7. The number of benzene rings is 1. The monoisotopic (exact) mass is 299 g/mol. The molecule has 0 aliphatic carbocycles. The maximum Gasteiger partial charge on any atom is 0.241 e. The highest BCUT2D eigenvalue weighted by Gasteiger charge is 2.20. The summed E-state index contributed by atoms with van der Waals surface area (Å²) in [4.78, 5) is 0.260. The van der Waals surface area contributed by atoms with E-state index in [1.807, 2.05) is 13.8 Å². The lowest BCUT2D eigenvalue weighted by molar-refractivity contribution is 0.280. The lowest BCUT2D eigenvalue weighted by Crippen LogP contribution is -2.33. The molecule has 1 rings (SSSR count). The first-order valence-corrected chi connectivity index (χ1v) is 8.53. The van der Waals surface area contributed by atoms with Gasteiger partial charge in [0.1, 0.15) is 0 Å². The summed E-state index contributed by atoms with van der Waals surface area (Å²) in [5.41, 5.74) is 2.26. The van der Waals surface area contributed by atoms with Crippen LogP contribution in [-0.2, 0) is 16.6 Å². The molecule has 1 aromatic carbocycles. The Morgan fingerprint density at radius 2 is 1.90 bits per heavy atom. The van der Waals surface area contributed by atoms with E-state index in [2.05, 4.69) is 11.6 Å². The molecule has 1 unspecified atom stereocenters. The second-order valence-electron chi connectivity index (χ2n) is 5.37. The molecular formula is C15H25NO3S. The van der Waals surface area contributed by atoms with Crippen molar-refractivity contribution in [3.05, 3.63) is 28.8 Å². The number of aryl methyl sites for hydroxylation is 2. The number of aliphatic hydroxyl groups excluding tert-OH is 1. The lowest BCUT2D eigenvalue weighted by atomic mass is 10.1. The Morgan fingerprint density at radius 1 is 1.25 bits per heavy atom. The summed E-state index contributed by atoms with van der Waals surface area (Å²) in [6, 6.07) is 3.29. The van der Waals surface area contributed by atoms with Crippen LogP contribution >= 0.6 is 0 Å². The van der Waals surface area contributed by atoms with E-state index in [1.54, 1.807) is 19.1 Å². The minimum Gasteiger partial charge on any atom is -0.392 e. The average molecular weight is 299 g/mol. The summed E-state index contributed by atoms with van der Waals surface area (Å²) < 4.78 is 27.5. The quantitative estimate of drug-likeness (QED) is 0.813. The van der Waals surface area contributed by atoms with E-state index in [9.17, 15) is 13.5 Å². The molecule has 1 aromatic rings. The Morgan fingerprint density at radius 3 is 2.45 bits per heavy atom. The third kappa shape index (κ3) is 4.30. The van der Waals surface area contributed by atoms with Crippen LogP contribution in [-0.4, -0.2) is 19.6 Å². The van der Waals surface area contributed by atoms with Crippen LogP contribution in [0, 0.1) is 13.8 Å². The number of hydrogen-bond donors (Lipinski definition) is 2. The lowest BCUT2D eigenvalue weighted by Gasteiger charge is -2.16. The van der Waals surface area contributed by atoms with Crippen molar-refractivity contribution in [2.45, 2.75) is 64.5 Å². The Hall–Kier alpha value is -0.910. The van der Waals surface area contributed by atoms with Crippen molar-refractivity contribution >= 4 is 10.0 Å². The van der Waals surface area contributed by atoms with Gasteiger partial charge in [-0.3, -0.25) is 0 Å². The third-order valence-corrected chi connectivity index (χ3v) is 5.17. The molecule has 0 aromatic heterocycles. The predicted octanol–water partition coefficient (Wildman–Crippen LogP) is 2.65. The molecule has 0 saturated carbocycles. The summed E-state index contributed by atoms with van der Waals surface area (Å²) in [6.45, 7) is 7.45. The highest BCUT2D eigenvalue weighted by atomic mass is 32.2. The van der Waals surface area contributed by atoms with Crippen LogP contribution in [0.15, 0.2) is 17.0 Å². The van der Waals surface area contributed by atoms with E-state index in [0.29, 0.717) is 11.1 Å². The van der Waals surface area contributed by atoms with Gasteiger partial charge in [0, 0.05) is 6.04 Å². The Kier molecular flexibility index (Phi) is 6.17. The van der Waals surface area contributed by atoms with Crippen molar-refractivity contribution in [2.75, 3.05) is 0 Å². The fourth-order valence-electron chi connectivity index (χ4n) is 2.23. The molecule has 20 heavy (non-hydrogen) atoms. The van der Waals surface area contributed by atoms with Crippen molar-refractivity contribution in [2.24, 2.45) is 0 Å². The summed E-state index contributed by atoms with van der Waals surface area (Å²) in [5, 5.41) is 9.28. The van der Waals surface area contributed by atoms with Crippen molar-refractivity contribution < 1.29 is 13.5 Å². The van der Waals surface area contributed by atoms with Crippen LogP contribution in [0.1, 0.15) is 49.8 Å². The number of rotatable bonds is 7. The van der Waals surface area contributed by atoms with Crippen LogP contribution < -0.4 is 4.72 Å². The van der Waals surface area contributed by atoms with Gasteiger partial charge < -0.3 is 5.11 Å². The van der Waals surface area contributed by atoms with Gasteiger partial charge in [-0.25, -0.2) is 13.1 Å². The molecule has 4 nitrogen and oxygen atoms in total. The van der Waals surface area contributed by atoms with E-state index in [1.165, 1.54) is 0 Å². The maximum atomic E-state index is 12.4. The molecule has 0 spiro atoms. The number of unbranched alkanes of at least 4 members (excludes halogenated alkanes) is 1. The Bertz CT molecular complexity index is 552. The number of aliphatic hydroxyl groups is 1. The minimum atomic E-state index is -3.53. The van der Waals surface area contributed by atoms with E-state index < -0.39 is 10.0 Å². The maximum absolute atomic E-state index is 12.4. The summed E-state index contributed by atoms with van der Waals surface area (Å²) >= 11 is 0. The molecule has 0 bridgehead atoms. The van der Waals surface area contributed by atoms with Crippen LogP contribution in [0.3, 0.4) is 0 Å². The smallest absolute Gasteiger partial charge is 0.241 e. The van der Waals surface area contributed by atoms with Gasteiger partial charge in [0.15, 0.2) is 0 Å². The molecule has 0 radical (unpaired) electrons.